The molecule has 0 aromatic carbocycles. The molecular formula is C8H16. The molecule has 0 rings (SSSR count). The first-order valence-corrected chi connectivity index (χ1v) is 3.37. The zero-order valence-corrected chi connectivity index (χ0v) is 5.83. The van der Waals surface area contributed by atoms with Crippen molar-refractivity contribution in [3.63, 3.8) is 0 Å². The molecule has 0 bridgehead atoms. The Morgan fingerprint density at radius 3 is 1.75 bits per heavy atom. The fourth-order valence-electron chi connectivity index (χ4n) is 0.427. The highest BCUT2D eigenvalue weighted by atomic mass is 13.8. The van der Waals surface area contributed by atoms with Gasteiger partial charge in [0.25, 0.3) is 0 Å². The van der Waals surface area contributed by atoms with Crippen LogP contribution in [0.2, 0.25) is 0 Å². The summed E-state index contributed by atoms with van der Waals surface area (Å²) in [7, 11) is 0. The number of hydrogen-bond donors (Lipinski definition) is 0. The second-order valence-corrected chi connectivity index (χ2v) is 1.85. The largest absolute Gasteiger partial charge is 0.0885 e. The van der Waals surface area contributed by atoms with Gasteiger partial charge >= 0.3 is 0 Å². The van der Waals surface area contributed by atoms with Crippen molar-refractivity contribution in [3.05, 3.63) is 12.1 Å². The first-order valence-electron chi connectivity index (χ1n) is 4.37. The molecule has 0 radical (unpaired) electrons. The Morgan fingerprint density at radius 2 is 1.50 bits per heavy atom. The monoisotopic (exact) mass is 114 g/mol. The lowest BCUT2D eigenvalue weighted by atomic mass is 10.2. The van der Waals surface area contributed by atoms with Crippen molar-refractivity contribution in [1.82, 2.24) is 0 Å². The molecule has 0 saturated carbocycles. The van der Waals surface area contributed by atoms with Gasteiger partial charge in [0.15, 0.2) is 0 Å². The smallest absolute Gasteiger partial charge is 0.0572 e. The van der Waals surface area contributed by atoms with E-state index in [9.17, 15) is 0 Å². The van der Waals surface area contributed by atoms with Gasteiger partial charge in [-0.3, -0.25) is 0 Å². The molecule has 0 saturated heterocycles. The predicted octanol–water partition coefficient (Wildman–Crippen LogP) is 3.14. The summed E-state index contributed by atoms with van der Waals surface area (Å²) in [6, 6.07) is 1.04. The van der Waals surface area contributed by atoms with Gasteiger partial charge in [-0.15, -0.1) is 0 Å². The molecule has 0 aromatic rings. The summed E-state index contributed by atoms with van der Waals surface area (Å²) in [5.74, 6) is 0. The first-order chi connectivity index (χ1) is 4.72. The molecule has 0 aliphatic heterocycles. The van der Waals surface area contributed by atoms with Crippen LogP contribution in [0.4, 0.5) is 0 Å². The maximum absolute atomic E-state index is 7.37. The third kappa shape index (κ3) is 5.74. The highest BCUT2D eigenvalue weighted by molar-refractivity contribution is 4.79. The summed E-state index contributed by atoms with van der Waals surface area (Å²) in [4.78, 5) is 0. The maximum atomic E-state index is 7.37. The van der Waals surface area contributed by atoms with Crippen LogP contribution in [-0.4, -0.2) is 0 Å². The minimum absolute atomic E-state index is 0.518. The van der Waals surface area contributed by atoms with Crippen molar-refractivity contribution < 1.29 is 2.74 Å². The van der Waals surface area contributed by atoms with Crippen LogP contribution in [0.5, 0.6) is 0 Å². The standard InChI is InChI=1S/C8H16/c1-3-5-7-8-6-4-2/h7-8H,3-6H2,1-2H3/b8-7-/i7D,8D. The lowest BCUT2D eigenvalue weighted by Gasteiger charge is -1.83. The summed E-state index contributed by atoms with van der Waals surface area (Å²) in [6.07, 6.45) is 3.48. The summed E-state index contributed by atoms with van der Waals surface area (Å²) < 4.78 is 14.7. The lowest BCUT2D eigenvalue weighted by Crippen LogP contribution is -1.62. The first kappa shape index (κ1) is 4.60. The molecule has 0 aliphatic rings. The van der Waals surface area contributed by atoms with Crippen LogP contribution in [-0.2, 0) is 0 Å². The van der Waals surface area contributed by atoms with E-state index in [4.69, 9.17) is 2.74 Å². The van der Waals surface area contributed by atoms with E-state index in [0.717, 1.165) is 25.7 Å². The van der Waals surface area contributed by atoms with E-state index in [1.54, 1.807) is 0 Å². The third-order valence-corrected chi connectivity index (χ3v) is 0.875. The van der Waals surface area contributed by atoms with Gasteiger partial charge in [0.05, 0.1) is 2.74 Å². The Hall–Kier alpha value is -0.260. The van der Waals surface area contributed by atoms with Crippen molar-refractivity contribution in [2.45, 2.75) is 39.5 Å². The molecule has 0 aliphatic carbocycles. The van der Waals surface area contributed by atoms with Gasteiger partial charge in [0.2, 0.25) is 0 Å². The van der Waals surface area contributed by atoms with Crippen molar-refractivity contribution in [3.8, 4) is 0 Å². The third-order valence-electron chi connectivity index (χ3n) is 0.875. The molecule has 0 N–H and O–H groups in total. The minimum Gasteiger partial charge on any atom is -0.0885 e. The summed E-state index contributed by atoms with van der Waals surface area (Å²) in [6.45, 7) is 4.07. The van der Waals surface area contributed by atoms with Crippen LogP contribution < -0.4 is 0 Å². The predicted molar refractivity (Wildman–Crippen MR) is 39.0 cm³/mol. The van der Waals surface area contributed by atoms with E-state index >= 15 is 0 Å². The molecule has 0 heterocycles. The number of allylic oxidation sites excluding steroid dienone is 2. The minimum atomic E-state index is 0.518. The normalized spacial score (nSPS) is 16.8. The molecule has 0 nitrogen and oxygen atoms in total. The van der Waals surface area contributed by atoms with Gasteiger partial charge in [-0.25, -0.2) is 0 Å². The average molecular weight is 114 g/mol. The molecule has 8 heavy (non-hydrogen) atoms. The Kier molecular flexibility index (Phi) is 3.88. The molecule has 0 spiro atoms. The molecule has 0 heteroatoms. The van der Waals surface area contributed by atoms with Gasteiger partial charge in [-0.1, -0.05) is 38.8 Å². The van der Waals surface area contributed by atoms with Crippen LogP contribution in [0.15, 0.2) is 12.1 Å². The van der Waals surface area contributed by atoms with E-state index < -0.39 is 0 Å². The highest BCUT2D eigenvalue weighted by Crippen LogP contribution is 1.92. The van der Waals surface area contributed by atoms with Crippen molar-refractivity contribution >= 4 is 0 Å². The molecule has 0 atom stereocenters. The van der Waals surface area contributed by atoms with Crippen LogP contribution >= 0.6 is 0 Å². The van der Waals surface area contributed by atoms with Crippen LogP contribution in [0.1, 0.15) is 42.3 Å². The van der Waals surface area contributed by atoms with Crippen molar-refractivity contribution in [2.24, 2.45) is 0 Å². The van der Waals surface area contributed by atoms with Crippen LogP contribution in [0.3, 0.4) is 0 Å². The summed E-state index contributed by atoms with van der Waals surface area (Å²) in [5.41, 5.74) is 0. The van der Waals surface area contributed by atoms with Crippen molar-refractivity contribution in [2.75, 3.05) is 0 Å². The molecule has 48 valence electrons. The lowest BCUT2D eigenvalue weighted by molar-refractivity contribution is 0.921. The van der Waals surface area contributed by atoms with E-state index in [1.165, 1.54) is 0 Å². The van der Waals surface area contributed by atoms with E-state index in [1.807, 2.05) is 13.8 Å². The van der Waals surface area contributed by atoms with Gasteiger partial charge in [0.1, 0.15) is 0 Å². The van der Waals surface area contributed by atoms with E-state index in [-0.39, 0.29) is 0 Å². The Morgan fingerprint density at radius 1 is 1.12 bits per heavy atom. The molecule has 0 fully saturated rings. The highest BCUT2D eigenvalue weighted by Gasteiger charge is 1.72. The second kappa shape index (κ2) is 6.74. The molecule has 0 unspecified atom stereocenters. The fraction of sp³-hybridized carbons (Fsp3) is 0.750. The maximum Gasteiger partial charge on any atom is 0.0572 e. The van der Waals surface area contributed by atoms with E-state index in [0.29, 0.717) is 12.1 Å². The Labute approximate surface area is 55.4 Å². The van der Waals surface area contributed by atoms with Crippen LogP contribution in [0, 0.1) is 0 Å². The van der Waals surface area contributed by atoms with Gasteiger partial charge in [0, 0.05) is 0 Å². The summed E-state index contributed by atoms with van der Waals surface area (Å²) in [5, 5.41) is 0. The quantitative estimate of drug-likeness (QED) is 0.492. The van der Waals surface area contributed by atoms with Crippen molar-refractivity contribution in [1.29, 1.82) is 0 Å². The summed E-state index contributed by atoms with van der Waals surface area (Å²) >= 11 is 0. The average Bonchev–Trinajstić information content (AvgIpc) is 1.89. The molecular weight excluding hydrogens is 96.1 g/mol. The van der Waals surface area contributed by atoms with Crippen LogP contribution in [0.25, 0.3) is 0 Å². The van der Waals surface area contributed by atoms with Gasteiger partial charge in [-0.2, -0.15) is 0 Å². The van der Waals surface area contributed by atoms with Gasteiger partial charge < -0.3 is 0 Å². The topological polar surface area (TPSA) is 0 Å². The number of hydrogen-bond acceptors (Lipinski definition) is 0. The second-order valence-electron chi connectivity index (χ2n) is 1.85. The van der Waals surface area contributed by atoms with E-state index in [2.05, 4.69) is 0 Å². The fourth-order valence-corrected chi connectivity index (χ4v) is 0.427. The number of rotatable bonds is 4. The van der Waals surface area contributed by atoms with Gasteiger partial charge in [-0.05, 0) is 12.8 Å². The zero-order chi connectivity index (χ0) is 7.98. The molecule has 0 aromatic heterocycles. The Bertz CT molecular complexity index is 102. The zero-order valence-electron chi connectivity index (χ0n) is 7.83. The molecule has 0 amide bonds. The Balaban J connectivity index is 3.79. The SMILES string of the molecule is [2H]/C(CCC)=C(\[2H])CCC.